The Labute approximate surface area is 119 Å². The van der Waals surface area contributed by atoms with E-state index in [1.54, 1.807) is 6.20 Å². The first-order valence-electron chi connectivity index (χ1n) is 7.69. The second-order valence-electron chi connectivity index (χ2n) is 6.43. The van der Waals surface area contributed by atoms with Crippen LogP contribution in [-0.4, -0.2) is 35.0 Å². The minimum atomic E-state index is 0.137. The van der Waals surface area contributed by atoms with Gasteiger partial charge < -0.3 is 9.64 Å². The Kier molecular flexibility index (Phi) is 2.90. The predicted octanol–water partition coefficient (Wildman–Crippen LogP) is 2.49. The molecular formula is C16H20N2O2. The van der Waals surface area contributed by atoms with Gasteiger partial charge in [0.1, 0.15) is 0 Å². The number of piperidine rings is 1. The second-order valence-corrected chi connectivity index (χ2v) is 6.43. The third-order valence-electron chi connectivity index (χ3n) is 4.82. The summed E-state index contributed by atoms with van der Waals surface area (Å²) >= 11 is 0. The molecule has 20 heavy (non-hydrogen) atoms. The van der Waals surface area contributed by atoms with Crippen molar-refractivity contribution in [2.45, 2.75) is 38.1 Å². The van der Waals surface area contributed by atoms with Gasteiger partial charge in [-0.2, -0.15) is 0 Å². The van der Waals surface area contributed by atoms with Gasteiger partial charge in [-0.1, -0.05) is 0 Å². The van der Waals surface area contributed by atoms with E-state index in [0.717, 1.165) is 25.0 Å². The van der Waals surface area contributed by atoms with E-state index >= 15 is 0 Å². The Balaban J connectivity index is 1.41. The second kappa shape index (κ2) is 4.76. The number of hydrogen-bond acceptors (Lipinski definition) is 3. The highest BCUT2D eigenvalue weighted by atomic mass is 16.5. The van der Waals surface area contributed by atoms with Crippen molar-refractivity contribution in [2.24, 2.45) is 11.8 Å². The van der Waals surface area contributed by atoms with Crippen molar-refractivity contribution in [3.8, 4) is 5.88 Å². The zero-order valence-corrected chi connectivity index (χ0v) is 11.6. The molecule has 2 aliphatic carbocycles. The molecule has 2 atom stereocenters. The summed E-state index contributed by atoms with van der Waals surface area (Å²) in [7, 11) is 0. The van der Waals surface area contributed by atoms with Gasteiger partial charge in [0.05, 0.1) is 12.2 Å². The number of aromatic nitrogens is 1. The van der Waals surface area contributed by atoms with Crippen LogP contribution in [0, 0.1) is 11.8 Å². The molecular weight excluding hydrogens is 252 g/mol. The minimum Gasteiger partial charge on any atom is -0.477 e. The van der Waals surface area contributed by atoms with Crippen LogP contribution in [0.4, 0.5) is 0 Å². The molecule has 0 aromatic carbocycles. The lowest BCUT2D eigenvalue weighted by atomic mass is 10.1. The molecule has 1 saturated heterocycles. The summed E-state index contributed by atoms with van der Waals surface area (Å²) in [6.45, 7) is 1.69. The maximum atomic E-state index is 12.5. The Morgan fingerprint density at radius 1 is 1.30 bits per heavy atom. The van der Waals surface area contributed by atoms with Crippen molar-refractivity contribution in [1.82, 2.24) is 9.88 Å². The van der Waals surface area contributed by atoms with Gasteiger partial charge in [-0.05, 0) is 50.0 Å². The van der Waals surface area contributed by atoms with Crippen LogP contribution in [0.15, 0.2) is 18.3 Å². The Bertz CT molecular complexity index is 510. The topological polar surface area (TPSA) is 42.4 Å². The molecule has 0 spiro atoms. The zero-order valence-electron chi connectivity index (χ0n) is 11.6. The molecule has 3 fully saturated rings. The van der Waals surface area contributed by atoms with E-state index in [1.807, 2.05) is 17.0 Å². The summed E-state index contributed by atoms with van der Waals surface area (Å²) in [5.74, 6) is 2.23. The smallest absolute Gasteiger partial charge is 0.255 e. The summed E-state index contributed by atoms with van der Waals surface area (Å²) in [5.41, 5.74) is 0.691. The quantitative estimate of drug-likeness (QED) is 0.845. The number of pyridine rings is 1. The first kappa shape index (κ1) is 12.2. The molecule has 2 heterocycles. The number of rotatable bonds is 4. The van der Waals surface area contributed by atoms with Gasteiger partial charge in [-0.3, -0.25) is 4.79 Å². The average molecular weight is 272 g/mol. The molecule has 1 aromatic heterocycles. The highest BCUT2D eigenvalue weighted by molar-refractivity contribution is 5.94. The van der Waals surface area contributed by atoms with Crippen LogP contribution in [0.2, 0.25) is 0 Å². The number of fused-ring (bicyclic) bond motifs is 2. The summed E-state index contributed by atoms with van der Waals surface area (Å²) in [6, 6.07) is 4.14. The Morgan fingerprint density at radius 2 is 2.20 bits per heavy atom. The molecule has 2 bridgehead atoms. The fourth-order valence-corrected chi connectivity index (χ4v) is 3.42. The third kappa shape index (κ3) is 2.28. The van der Waals surface area contributed by atoms with Crippen LogP contribution in [0.25, 0.3) is 0 Å². The van der Waals surface area contributed by atoms with Crippen LogP contribution in [0.1, 0.15) is 42.5 Å². The van der Waals surface area contributed by atoms with Crippen molar-refractivity contribution in [3.63, 3.8) is 0 Å². The average Bonchev–Trinajstić information content (AvgIpc) is 3.08. The van der Waals surface area contributed by atoms with Crippen LogP contribution in [-0.2, 0) is 0 Å². The number of nitrogens with zero attached hydrogens (tertiary/aromatic N) is 2. The van der Waals surface area contributed by atoms with Gasteiger partial charge in [0.15, 0.2) is 0 Å². The standard InChI is InChI=1S/C16H20N2O2/c19-16(18-9-12-3-5-14(18)7-12)13-4-6-15(17-8-13)20-10-11-1-2-11/h4,6,8,11-12,14H,1-3,5,7,9-10H2/t12-,14-/m1/s1. The number of hydrogen-bond donors (Lipinski definition) is 0. The summed E-state index contributed by atoms with van der Waals surface area (Å²) in [4.78, 5) is 18.8. The molecule has 106 valence electrons. The molecule has 4 nitrogen and oxygen atoms in total. The maximum Gasteiger partial charge on any atom is 0.255 e. The fourth-order valence-electron chi connectivity index (χ4n) is 3.42. The van der Waals surface area contributed by atoms with E-state index in [1.165, 1.54) is 32.1 Å². The normalized spacial score (nSPS) is 27.9. The monoisotopic (exact) mass is 272 g/mol. The first-order chi connectivity index (χ1) is 9.79. The number of ether oxygens (including phenoxy) is 1. The SMILES string of the molecule is O=C(c1ccc(OCC2CC2)nc1)N1C[C@@H]2CC[C@@H]1C2. The van der Waals surface area contributed by atoms with E-state index in [9.17, 15) is 4.79 Å². The largest absolute Gasteiger partial charge is 0.477 e. The van der Waals surface area contributed by atoms with Gasteiger partial charge in [-0.15, -0.1) is 0 Å². The lowest BCUT2D eigenvalue weighted by Crippen LogP contribution is -2.37. The molecule has 4 rings (SSSR count). The number of amides is 1. The van der Waals surface area contributed by atoms with Gasteiger partial charge in [0, 0.05) is 24.8 Å². The van der Waals surface area contributed by atoms with Gasteiger partial charge in [0.2, 0.25) is 5.88 Å². The Hall–Kier alpha value is -1.58. The van der Waals surface area contributed by atoms with Crippen molar-refractivity contribution < 1.29 is 9.53 Å². The molecule has 2 saturated carbocycles. The molecule has 1 amide bonds. The van der Waals surface area contributed by atoms with E-state index in [-0.39, 0.29) is 5.91 Å². The molecule has 1 aliphatic heterocycles. The van der Waals surface area contributed by atoms with E-state index in [2.05, 4.69) is 4.98 Å². The highest BCUT2D eigenvalue weighted by Gasteiger charge is 2.40. The molecule has 0 radical (unpaired) electrons. The molecule has 1 aromatic rings. The Morgan fingerprint density at radius 3 is 2.80 bits per heavy atom. The van der Waals surface area contributed by atoms with E-state index in [0.29, 0.717) is 17.5 Å². The van der Waals surface area contributed by atoms with Crippen molar-refractivity contribution in [3.05, 3.63) is 23.9 Å². The summed E-state index contributed by atoms with van der Waals surface area (Å²) in [5, 5.41) is 0. The van der Waals surface area contributed by atoms with Gasteiger partial charge in [0.25, 0.3) is 5.91 Å². The summed E-state index contributed by atoms with van der Waals surface area (Å²) in [6.07, 6.45) is 7.87. The maximum absolute atomic E-state index is 12.5. The van der Waals surface area contributed by atoms with E-state index in [4.69, 9.17) is 4.74 Å². The van der Waals surface area contributed by atoms with Crippen molar-refractivity contribution in [2.75, 3.05) is 13.2 Å². The fraction of sp³-hybridized carbons (Fsp3) is 0.625. The predicted molar refractivity (Wildman–Crippen MR) is 74.6 cm³/mol. The zero-order chi connectivity index (χ0) is 13.5. The van der Waals surface area contributed by atoms with Gasteiger partial charge >= 0.3 is 0 Å². The van der Waals surface area contributed by atoms with Crippen molar-refractivity contribution >= 4 is 5.91 Å². The number of carbonyl (C=O) groups is 1. The molecule has 0 N–H and O–H groups in total. The lowest BCUT2D eigenvalue weighted by molar-refractivity contribution is 0.0703. The summed E-state index contributed by atoms with van der Waals surface area (Å²) < 4.78 is 5.60. The minimum absolute atomic E-state index is 0.137. The van der Waals surface area contributed by atoms with Crippen LogP contribution < -0.4 is 4.74 Å². The van der Waals surface area contributed by atoms with Crippen molar-refractivity contribution in [1.29, 1.82) is 0 Å². The molecule has 4 heteroatoms. The van der Waals surface area contributed by atoms with Crippen LogP contribution >= 0.6 is 0 Å². The van der Waals surface area contributed by atoms with E-state index < -0.39 is 0 Å². The lowest BCUT2D eigenvalue weighted by Gasteiger charge is -2.26. The third-order valence-corrected chi connectivity index (χ3v) is 4.82. The van der Waals surface area contributed by atoms with Crippen LogP contribution in [0.5, 0.6) is 5.88 Å². The molecule has 3 aliphatic rings. The first-order valence-corrected chi connectivity index (χ1v) is 7.69. The number of likely N-dealkylation sites (tertiary alicyclic amines) is 1. The number of carbonyl (C=O) groups excluding carboxylic acids is 1. The highest BCUT2D eigenvalue weighted by Crippen LogP contribution is 2.38. The van der Waals surface area contributed by atoms with Crippen LogP contribution in [0.3, 0.4) is 0 Å². The van der Waals surface area contributed by atoms with Gasteiger partial charge in [-0.25, -0.2) is 4.98 Å². The molecule has 0 unspecified atom stereocenters.